The second-order valence-electron chi connectivity index (χ2n) is 10.6. The fraction of sp³-hybridized carbons (Fsp3) is 0.462. The smallest absolute Gasteiger partial charge is 0.410 e. The molecule has 0 bridgehead atoms. The van der Waals surface area contributed by atoms with Crippen LogP contribution in [0.4, 0.5) is 31.2 Å². The van der Waals surface area contributed by atoms with E-state index in [4.69, 9.17) is 4.74 Å². The number of aromatic nitrogens is 3. The molecule has 11 heteroatoms. The molecule has 0 saturated carbocycles. The third kappa shape index (κ3) is 4.90. The summed E-state index contributed by atoms with van der Waals surface area (Å²) in [6.07, 6.45) is 3.85. The zero-order chi connectivity index (χ0) is 26.5. The first-order chi connectivity index (χ1) is 17.5. The SMILES string of the molecule is Cc1cnc2c(c1N1CCN(C(=O)OC(C)(C)C)CC1)CCN2C(=O)Nc1cc(F)c2nn(C)cc2c1. The van der Waals surface area contributed by atoms with Crippen LogP contribution in [0.15, 0.2) is 24.5 Å². The van der Waals surface area contributed by atoms with Crippen molar-refractivity contribution in [3.05, 3.63) is 41.5 Å². The van der Waals surface area contributed by atoms with Crippen LogP contribution in [0.25, 0.3) is 10.9 Å². The summed E-state index contributed by atoms with van der Waals surface area (Å²) in [5.74, 6) is 0.118. The van der Waals surface area contributed by atoms with E-state index in [-0.39, 0.29) is 17.6 Å². The largest absolute Gasteiger partial charge is 0.444 e. The molecule has 3 amide bonds. The number of nitrogens with zero attached hydrogens (tertiary/aromatic N) is 6. The van der Waals surface area contributed by atoms with Gasteiger partial charge in [0, 0.05) is 74.5 Å². The zero-order valence-corrected chi connectivity index (χ0v) is 21.8. The van der Waals surface area contributed by atoms with Crippen molar-refractivity contribution in [1.82, 2.24) is 19.7 Å². The molecule has 5 rings (SSSR count). The number of halogens is 1. The van der Waals surface area contributed by atoms with Gasteiger partial charge in [0.2, 0.25) is 0 Å². The molecule has 0 aliphatic carbocycles. The molecule has 0 unspecified atom stereocenters. The molecule has 2 aliphatic heterocycles. The maximum absolute atomic E-state index is 14.5. The molecule has 2 aromatic heterocycles. The van der Waals surface area contributed by atoms with Crippen LogP contribution >= 0.6 is 0 Å². The van der Waals surface area contributed by atoms with Gasteiger partial charge in [-0.25, -0.2) is 19.0 Å². The van der Waals surface area contributed by atoms with Gasteiger partial charge in [0.15, 0.2) is 5.82 Å². The van der Waals surface area contributed by atoms with Gasteiger partial charge in [0.1, 0.15) is 16.9 Å². The van der Waals surface area contributed by atoms with Gasteiger partial charge in [-0.3, -0.25) is 9.58 Å². The number of anilines is 3. The monoisotopic (exact) mass is 509 g/mol. The molecule has 0 radical (unpaired) electrons. The van der Waals surface area contributed by atoms with Crippen LogP contribution in [-0.4, -0.2) is 70.1 Å². The van der Waals surface area contributed by atoms with E-state index in [9.17, 15) is 14.0 Å². The number of nitrogens with one attached hydrogen (secondary N) is 1. The fourth-order valence-corrected chi connectivity index (χ4v) is 4.99. The number of hydrogen-bond donors (Lipinski definition) is 1. The highest BCUT2D eigenvalue weighted by Crippen LogP contribution is 2.37. The Kier molecular flexibility index (Phi) is 6.17. The predicted octanol–water partition coefficient (Wildman–Crippen LogP) is 4.07. The summed E-state index contributed by atoms with van der Waals surface area (Å²) >= 11 is 0. The number of fused-ring (bicyclic) bond motifs is 2. The molecule has 0 atom stereocenters. The van der Waals surface area contributed by atoms with Crippen molar-refractivity contribution < 1.29 is 18.7 Å². The number of pyridine rings is 1. The number of amides is 3. The minimum Gasteiger partial charge on any atom is -0.444 e. The molecule has 1 fully saturated rings. The van der Waals surface area contributed by atoms with Crippen LogP contribution in [0.2, 0.25) is 0 Å². The van der Waals surface area contributed by atoms with Crippen LogP contribution in [0.3, 0.4) is 0 Å². The van der Waals surface area contributed by atoms with Gasteiger partial charge >= 0.3 is 12.1 Å². The Morgan fingerprint density at radius 2 is 1.84 bits per heavy atom. The van der Waals surface area contributed by atoms with Crippen molar-refractivity contribution in [3.63, 3.8) is 0 Å². The Labute approximate surface area is 215 Å². The minimum absolute atomic E-state index is 0.264. The number of benzene rings is 1. The first-order valence-corrected chi connectivity index (χ1v) is 12.4. The van der Waals surface area contributed by atoms with E-state index in [2.05, 4.69) is 20.3 Å². The molecular weight excluding hydrogens is 477 g/mol. The molecule has 0 spiro atoms. The average Bonchev–Trinajstić information content (AvgIpc) is 3.41. The van der Waals surface area contributed by atoms with Crippen LogP contribution in [-0.2, 0) is 18.2 Å². The van der Waals surface area contributed by atoms with Crippen molar-refractivity contribution in [2.24, 2.45) is 7.05 Å². The lowest BCUT2D eigenvalue weighted by Crippen LogP contribution is -2.50. The number of carbonyl (C=O) groups is 2. The lowest BCUT2D eigenvalue weighted by atomic mass is 10.1. The maximum Gasteiger partial charge on any atom is 0.410 e. The van der Waals surface area contributed by atoms with E-state index < -0.39 is 11.4 Å². The molecule has 37 heavy (non-hydrogen) atoms. The molecule has 2 aliphatic rings. The first-order valence-electron chi connectivity index (χ1n) is 12.4. The van der Waals surface area contributed by atoms with Gasteiger partial charge in [0.25, 0.3) is 0 Å². The quantitative estimate of drug-likeness (QED) is 0.560. The minimum atomic E-state index is -0.531. The molecule has 1 saturated heterocycles. The van der Waals surface area contributed by atoms with Crippen LogP contribution in [0.5, 0.6) is 0 Å². The zero-order valence-electron chi connectivity index (χ0n) is 21.8. The number of carbonyl (C=O) groups excluding carboxylic acids is 2. The average molecular weight is 510 g/mol. The van der Waals surface area contributed by atoms with E-state index >= 15 is 0 Å². The Bertz CT molecular complexity index is 1370. The van der Waals surface area contributed by atoms with E-state index in [1.807, 2.05) is 27.7 Å². The summed E-state index contributed by atoms with van der Waals surface area (Å²) in [6, 6.07) is 2.62. The van der Waals surface area contributed by atoms with Crippen molar-refractivity contribution >= 4 is 40.2 Å². The highest BCUT2D eigenvalue weighted by molar-refractivity contribution is 6.04. The predicted molar refractivity (Wildman–Crippen MR) is 140 cm³/mol. The molecule has 4 heterocycles. The second-order valence-corrected chi connectivity index (χ2v) is 10.6. The number of hydrogen-bond acceptors (Lipinski definition) is 6. The molecule has 10 nitrogen and oxygen atoms in total. The van der Waals surface area contributed by atoms with Gasteiger partial charge < -0.3 is 19.9 Å². The Morgan fingerprint density at radius 1 is 1.11 bits per heavy atom. The lowest BCUT2D eigenvalue weighted by molar-refractivity contribution is 0.0240. The first kappa shape index (κ1) is 24.8. The van der Waals surface area contributed by atoms with Crippen molar-refractivity contribution in [3.8, 4) is 0 Å². The molecule has 1 N–H and O–H groups in total. The normalized spacial score (nSPS) is 15.8. The summed E-state index contributed by atoms with van der Waals surface area (Å²) in [5.41, 5.74) is 3.19. The van der Waals surface area contributed by atoms with E-state index in [1.54, 1.807) is 35.3 Å². The summed E-state index contributed by atoms with van der Waals surface area (Å²) in [7, 11) is 1.72. The maximum atomic E-state index is 14.5. The molecule has 196 valence electrons. The molecular formula is C26H32FN7O3. The number of piperazine rings is 1. The Morgan fingerprint density at radius 3 is 2.54 bits per heavy atom. The van der Waals surface area contributed by atoms with Crippen molar-refractivity contribution in [2.75, 3.05) is 47.8 Å². The van der Waals surface area contributed by atoms with Gasteiger partial charge in [0.05, 0.1) is 0 Å². The number of ether oxygens (including phenoxy) is 1. The number of rotatable bonds is 2. The standard InChI is InChI=1S/C26H32FN7O3/c1-16-14-28-23-19(22(16)32-8-10-33(11-9-32)25(36)37-26(2,3)4)6-7-34(23)24(35)29-18-12-17-15-31(5)30-21(17)20(27)13-18/h12-15H,6-11H2,1-5H3,(H,29,35). The van der Waals surface area contributed by atoms with Gasteiger partial charge in [-0.15, -0.1) is 0 Å². The highest BCUT2D eigenvalue weighted by atomic mass is 19.1. The van der Waals surface area contributed by atoms with E-state index in [0.717, 1.165) is 16.8 Å². The lowest BCUT2D eigenvalue weighted by Gasteiger charge is -2.38. The third-order valence-electron chi connectivity index (χ3n) is 6.57. The Balaban J connectivity index is 1.32. The van der Waals surface area contributed by atoms with Gasteiger partial charge in [-0.2, -0.15) is 5.10 Å². The van der Waals surface area contributed by atoms with Crippen molar-refractivity contribution in [1.29, 1.82) is 0 Å². The number of urea groups is 1. The number of aryl methyl sites for hydroxylation is 2. The van der Waals surface area contributed by atoms with Crippen LogP contribution in [0, 0.1) is 12.7 Å². The van der Waals surface area contributed by atoms with E-state index in [1.165, 1.54) is 10.7 Å². The van der Waals surface area contributed by atoms with Gasteiger partial charge in [-0.05, 0) is 51.8 Å². The summed E-state index contributed by atoms with van der Waals surface area (Å²) in [4.78, 5) is 35.8. The summed E-state index contributed by atoms with van der Waals surface area (Å²) < 4.78 is 21.6. The second kappa shape index (κ2) is 9.20. The highest BCUT2D eigenvalue weighted by Gasteiger charge is 2.33. The van der Waals surface area contributed by atoms with Crippen molar-refractivity contribution in [2.45, 2.75) is 39.7 Å². The third-order valence-corrected chi connectivity index (χ3v) is 6.57. The van der Waals surface area contributed by atoms with Crippen LogP contribution < -0.4 is 15.1 Å². The summed E-state index contributed by atoms with van der Waals surface area (Å²) in [5, 5.41) is 7.54. The Hall–Kier alpha value is -3.89. The fourth-order valence-electron chi connectivity index (χ4n) is 4.99. The topological polar surface area (TPSA) is 95.8 Å². The molecule has 1 aromatic carbocycles. The van der Waals surface area contributed by atoms with E-state index in [0.29, 0.717) is 56.0 Å². The summed E-state index contributed by atoms with van der Waals surface area (Å²) in [6.45, 7) is 10.5. The van der Waals surface area contributed by atoms with Crippen LogP contribution in [0.1, 0.15) is 31.9 Å². The molecule has 3 aromatic rings. The van der Waals surface area contributed by atoms with Gasteiger partial charge in [-0.1, -0.05) is 0 Å².